The third kappa shape index (κ3) is 5.09. The van der Waals surface area contributed by atoms with Gasteiger partial charge in [-0.1, -0.05) is 26.0 Å². The van der Waals surface area contributed by atoms with Crippen molar-refractivity contribution in [2.24, 2.45) is 0 Å². The summed E-state index contributed by atoms with van der Waals surface area (Å²) >= 11 is 0. The smallest absolute Gasteiger partial charge is 0.169 e. The number of halogens is 1. The molecule has 0 fully saturated rings. The molecule has 1 heterocycles. The zero-order valence-corrected chi connectivity index (χ0v) is 18.0. The first-order valence-corrected chi connectivity index (χ1v) is 10.2. The predicted molar refractivity (Wildman–Crippen MR) is 113 cm³/mol. The van der Waals surface area contributed by atoms with E-state index in [1.807, 2.05) is 0 Å². The number of fused-ring (bicyclic) bond motifs is 1. The zero-order chi connectivity index (χ0) is 21.0. The van der Waals surface area contributed by atoms with E-state index < -0.39 is 0 Å². The van der Waals surface area contributed by atoms with Crippen molar-refractivity contribution in [3.8, 4) is 22.6 Å². The van der Waals surface area contributed by atoms with Crippen LogP contribution in [0.2, 0.25) is 0 Å². The van der Waals surface area contributed by atoms with Gasteiger partial charge in [0.15, 0.2) is 11.5 Å². The first-order chi connectivity index (χ1) is 13.8. The highest BCUT2D eigenvalue weighted by Gasteiger charge is 2.36. The molecule has 29 heavy (non-hydrogen) atoms. The summed E-state index contributed by atoms with van der Waals surface area (Å²) in [5.41, 5.74) is 3.97. The second kappa shape index (κ2) is 9.14. The molecule has 2 aromatic rings. The van der Waals surface area contributed by atoms with Gasteiger partial charge in [-0.25, -0.2) is 4.39 Å². The molecular formula is C24H31FO4. The molecule has 0 amide bonds. The van der Waals surface area contributed by atoms with Gasteiger partial charge >= 0.3 is 0 Å². The lowest BCUT2D eigenvalue weighted by Gasteiger charge is -2.21. The van der Waals surface area contributed by atoms with E-state index in [2.05, 4.69) is 33.8 Å². The largest absolute Gasteiger partial charge is 0.487 e. The molecule has 158 valence electrons. The Balaban J connectivity index is 1.99. The number of rotatable bonds is 9. The second-order valence-electron chi connectivity index (χ2n) is 8.30. The van der Waals surface area contributed by atoms with Gasteiger partial charge in [0, 0.05) is 24.7 Å². The Kier molecular flexibility index (Phi) is 6.81. The van der Waals surface area contributed by atoms with E-state index in [1.54, 1.807) is 19.2 Å². The van der Waals surface area contributed by atoms with Crippen molar-refractivity contribution in [3.05, 3.63) is 47.3 Å². The fourth-order valence-corrected chi connectivity index (χ4v) is 3.68. The predicted octanol–water partition coefficient (Wildman–Crippen LogP) is 5.37. The molecular weight excluding hydrogens is 371 g/mol. The summed E-state index contributed by atoms with van der Waals surface area (Å²) in [6, 6.07) is 8.68. The van der Waals surface area contributed by atoms with E-state index in [-0.39, 0.29) is 11.4 Å². The summed E-state index contributed by atoms with van der Waals surface area (Å²) in [6.45, 7) is 10.5. The molecule has 4 nitrogen and oxygen atoms in total. The Hall–Kier alpha value is -2.11. The van der Waals surface area contributed by atoms with E-state index >= 15 is 0 Å². The Labute approximate surface area is 172 Å². The summed E-state index contributed by atoms with van der Waals surface area (Å²) in [4.78, 5) is 0. The quantitative estimate of drug-likeness (QED) is 0.528. The van der Waals surface area contributed by atoms with E-state index in [4.69, 9.17) is 18.9 Å². The summed E-state index contributed by atoms with van der Waals surface area (Å²) < 4.78 is 36.6. The van der Waals surface area contributed by atoms with Crippen molar-refractivity contribution >= 4 is 0 Å². The van der Waals surface area contributed by atoms with Crippen molar-refractivity contribution in [1.29, 1.82) is 0 Å². The second-order valence-corrected chi connectivity index (χ2v) is 8.30. The van der Waals surface area contributed by atoms with Crippen LogP contribution in [0.15, 0.2) is 30.3 Å². The average molecular weight is 403 g/mol. The highest BCUT2D eigenvalue weighted by molar-refractivity contribution is 5.77. The minimum atomic E-state index is -0.291. The molecule has 1 aliphatic heterocycles. The SMILES string of the molecule is COCCOCCOc1c(-c2ccc(F)cc2)cc(C(C)C)c2c1OC(C)(C)C2. The lowest BCUT2D eigenvalue weighted by atomic mass is 9.88. The van der Waals surface area contributed by atoms with Gasteiger partial charge in [-0.2, -0.15) is 0 Å². The lowest BCUT2D eigenvalue weighted by Crippen LogP contribution is -2.25. The van der Waals surface area contributed by atoms with Crippen LogP contribution in [-0.4, -0.2) is 39.1 Å². The highest BCUT2D eigenvalue weighted by Crippen LogP contribution is 2.50. The maximum atomic E-state index is 13.5. The van der Waals surface area contributed by atoms with E-state index in [9.17, 15) is 4.39 Å². The molecule has 1 aliphatic rings. The molecule has 0 atom stereocenters. The van der Waals surface area contributed by atoms with Crippen molar-refractivity contribution in [1.82, 2.24) is 0 Å². The lowest BCUT2D eigenvalue weighted by molar-refractivity contribution is 0.0532. The van der Waals surface area contributed by atoms with Crippen molar-refractivity contribution in [3.63, 3.8) is 0 Å². The van der Waals surface area contributed by atoms with Gasteiger partial charge in [0.1, 0.15) is 18.0 Å². The molecule has 0 radical (unpaired) electrons. The minimum Gasteiger partial charge on any atom is -0.487 e. The van der Waals surface area contributed by atoms with E-state index in [0.29, 0.717) is 38.1 Å². The Morgan fingerprint density at radius 3 is 2.41 bits per heavy atom. The number of methoxy groups -OCH3 is 1. The molecule has 3 rings (SSSR count). The number of benzene rings is 2. The molecule has 0 saturated heterocycles. The molecule has 0 unspecified atom stereocenters. The minimum absolute atomic E-state index is 0.259. The van der Waals surface area contributed by atoms with Crippen LogP contribution in [0.4, 0.5) is 4.39 Å². The number of hydrogen-bond donors (Lipinski definition) is 0. The maximum absolute atomic E-state index is 13.5. The van der Waals surface area contributed by atoms with Crippen LogP contribution < -0.4 is 9.47 Å². The Bertz CT molecular complexity index is 828. The van der Waals surface area contributed by atoms with Crippen LogP contribution in [0.5, 0.6) is 11.5 Å². The first-order valence-electron chi connectivity index (χ1n) is 10.2. The molecule has 0 saturated carbocycles. The third-order valence-corrected chi connectivity index (χ3v) is 5.04. The Morgan fingerprint density at radius 2 is 1.76 bits per heavy atom. The summed E-state index contributed by atoms with van der Waals surface area (Å²) in [5, 5.41) is 0. The van der Waals surface area contributed by atoms with Crippen LogP contribution >= 0.6 is 0 Å². The summed E-state index contributed by atoms with van der Waals surface area (Å²) in [6.07, 6.45) is 0.834. The maximum Gasteiger partial charge on any atom is 0.169 e. The molecule has 0 aliphatic carbocycles. The van der Waals surface area contributed by atoms with Gasteiger partial charge in [-0.3, -0.25) is 0 Å². The van der Waals surface area contributed by atoms with Crippen LogP contribution in [0.25, 0.3) is 11.1 Å². The standard InChI is InChI=1S/C24H31FO4/c1-16(2)19-14-20(17-6-8-18(25)9-7-17)22(28-13-12-27-11-10-26-5)23-21(19)15-24(3,4)29-23/h6-9,14,16H,10-13,15H2,1-5H3. The van der Waals surface area contributed by atoms with Gasteiger partial charge < -0.3 is 18.9 Å². The fraction of sp³-hybridized carbons (Fsp3) is 0.500. The van der Waals surface area contributed by atoms with Gasteiger partial charge in [0.25, 0.3) is 0 Å². The van der Waals surface area contributed by atoms with Crippen LogP contribution in [0.3, 0.4) is 0 Å². The molecule has 0 aromatic heterocycles. The van der Waals surface area contributed by atoms with Gasteiger partial charge in [0.2, 0.25) is 0 Å². The molecule has 0 N–H and O–H groups in total. The van der Waals surface area contributed by atoms with Gasteiger partial charge in [-0.05, 0) is 49.1 Å². The van der Waals surface area contributed by atoms with Gasteiger partial charge in [-0.15, -0.1) is 0 Å². The van der Waals surface area contributed by atoms with E-state index in [0.717, 1.165) is 23.3 Å². The zero-order valence-electron chi connectivity index (χ0n) is 18.0. The highest BCUT2D eigenvalue weighted by atomic mass is 19.1. The van der Waals surface area contributed by atoms with Crippen LogP contribution in [0.1, 0.15) is 44.7 Å². The molecule has 0 bridgehead atoms. The average Bonchev–Trinajstić information content (AvgIpc) is 2.99. The van der Waals surface area contributed by atoms with Crippen molar-refractivity contribution < 1.29 is 23.3 Å². The first kappa shape index (κ1) is 21.6. The molecule has 5 heteroatoms. The normalized spacial score (nSPS) is 14.7. The summed E-state index contributed by atoms with van der Waals surface area (Å²) in [5.74, 6) is 1.59. The van der Waals surface area contributed by atoms with Crippen LogP contribution in [-0.2, 0) is 15.9 Å². The van der Waals surface area contributed by atoms with Gasteiger partial charge in [0.05, 0.1) is 19.8 Å². The monoisotopic (exact) mass is 402 g/mol. The third-order valence-electron chi connectivity index (χ3n) is 5.04. The Morgan fingerprint density at radius 1 is 1.07 bits per heavy atom. The fourth-order valence-electron chi connectivity index (χ4n) is 3.68. The van der Waals surface area contributed by atoms with E-state index in [1.165, 1.54) is 23.3 Å². The van der Waals surface area contributed by atoms with Crippen molar-refractivity contribution in [2.75, 3.05) is 33.5 Å². The number of ether oxygens (including phenoxy) is 4. The summed E-state index contributed by atoms with van der Waals surface area (Å²) in [7, 11) is 1.65. The van der Waals surface area contributed by atoms with Crippen LogP contribution in [0, 0.1) is 5.82 Å². The van der Waals surface area contributed by atoms with Crippen molar-refractivity contribution in [2.45, 2.75) is 45.6 Å². The topological polar surface area (TPSA) is 36.9 Å². The molecule has 2 aromatic carbocycles. The number of hydrogen-bond acceptors (Lipinski definition) is 4. The molecule has 0 spiro atoms.